The molecule has 0 saturated heterocycles. The van der Waals surface area contributed by atoms with Crippen LogP contribution in [0.15, 0.2) is 52.3 Å². The molecule has 0 radical (unpaired) electrons. The summed E-state index contributed by atoms with van der Waals surface area (Å²) in [6.45, 7) is 5.77. The SMILES string of the molecule is C=C1N=C(C2=CC(C)=C2)C=C1N. The Morgan fingerprint density at radius 3 is 2.42 bits per heavy atom. The van der Waals surface area contributed by atoms with Gasteiger partial charge < -0.3 is 5.73 Å². The molecule has 0 saturated carbocycles. The molecule has 2 rings (SSSR count). The number of allylic oxidation sites excluding steroid dienone is 5. The predicted octanol–water partition coefficient (Wildman–Crippen LogP) is 1.68. The van der Waals surface area contributed by atoms with Gasteiger partial charge in [0, 0.05) is 5.57 Å². The molecule has 1 heterocycles. The maximum absolute atomic E-state index is 5.62. The third-order valence-electron chi connectivity index (χ3n) is 1.94. The van der Waals surface area contributed by atoms with Gasteiger partial charge in [-0.15, -0.1) is 0 Å². The van der Waals surface area contributed by atoms with E-state index in [1.165, 1.54) is 5.57 Å². The zero-order chi connectivity index (χ0) is 8.72. The fourth-order valence-corrected chi connectivity index (χ4v) is 1.25. The minimum atomic E-state index is 0.670. The lowest BCUT2D eigenvalue weighted by atomic mass is 9.96. The van der Waals surface area contributed by atoms with Gasteiger partial charge in [0.15, 0.2) is 0 Å². The first kappa shape index (κ1) is 7.10. The summed E-state index contributed by atoms with van der Waals surface area (Å²) in [7, 11) is 0. The molecule has 0 spiro atoms. The van der Waals surface area contributed by atoms with Crippen LogP contribution in [0.25, 0.3) is 0 Å². The van der Waals surface area contributed by atoms with Crippen molar-refractivity contribution in [3.05, 3.63) is 47.3 Å². The van der Waals surface area contributed by atoms with Crippen molar-refractivity contribution >= 4 is 5.71 Å². The number of rotatable bonds is 1. The highest BCUT2D eigenvalue weighted by Crippen LogP contribution is 2.23. The van der Waals surface area contributed by atoms with Gasteiger partial charge in [0.2, 0.25) is 0 Å². The van der Waals surface area contributed by atoms with Crippen LogP contribution in [0.5, 0.6) is 0 Å². The lowest BCUT2D eigenvalue weighted by Gasteiger charge is -2.09. The van der Waals surface area contributed by atoms with E-state index in [-0.39, 0.29) is 0 Å². The second-order valence-electron chi connectivity index (χ2n) is 3.03. The number of nitrogens with two attached hydrogens (primary N) is 1. The molecule has 2 heteroatoms. The molecule has 0 fully saturated rings. The van der Waals surface area contributed by atoms with Gasteiger partial charge in [-0.2, -0.15) is 0 Å². The van der Waals surface area contributed by atoms with Gasteiger partial charge in [-0.3, -0.25) is 0 Å². The molecule has 2 nitrogen and oxygen atoms in total. The second kappa shape index (κ2) is 2.21. The number of hydrogen-bond donors (Lipinski definition) is 1. The fraction of sp³-hybridized carbons (Fsp3) is 0.100. The van der Waals surface area contributed by atoms with E-state index in [9.17, 15) is 0 Å². The lowest BCUT2D eigenvalue weighted by molar-refractivity contribution is 1.30. The molecule has 0 aromatic heterocycles. The molecule has 0 amide bonds. The molecule has 60 valence electrons. The van der Waals surface area contributed by atoms with Gasteiger partial charge in [0.1, 0.15) is 0 Å². The quantitative estimate of drug-likeness (QED) is 0.619. The normalized spacial score (nSPS) is 20.9. The second-order valence-corrected chi connectivity index (χ2v) is 3.03. The van der Waals surface area contributed by atoms with Crippen LogP contribution in [0.3, 0.4) is 0 Å². The summed E-state index contributed by atoms with van der Waals surface area (Å²) < 4.78 is 0. The molecule has 12 heavy (non-hydrogen) atoms. The van der Waals surface area contributed by atoms with Gasteiger partial charge in [0.05, 0.1) is 17.1 Å². The summed E-state index contributed by atoms with van der Waals surface area (Å²) in [4.78, 5) is 4.22. The van der Waals surface area contributed by atoms with E-state index < -0.39 is 0 Å². The third-order valence-corrected chi connectivity index (χ3v) is 1.94. The van der Waals surface area contributed by atoms with Gasteiger partial charge in [0.25, 0.3) is 0 Å². The van der Waals surface area contributed by atoms with Crippen LogP contribution >= 0.6 is 0 Å². The highest BCUT2D eigenvalue weighted by molar-refractivity contribution is 6.14. The van der Waals surface area contributed by atoms with Crippen LogP contribution in [-0.2, 0) is 0 Å². The van der Waals surface area contributed by atoms with E-state index in [0.29, 0.717) is 11.4 Å². The Balaban J connectivity index is 2.25. The van der Waals surface area contributed by atoms with Crippen molar-refractivity contribution in [3.8, 4) is 0 Å². The van der Waals surface area contributed by atoms with Crippen molar-refractivity contribution in [2.75, 3.05) is 0 Å². The van der Waals surface area contributed by atoms with Gasteiger partial charge in [-0.1, -0.05) is 6.58 Å². The van der Waals surface area contributed by atoms with Crippen LogP contribution < -0.4 is 5.73 Å². The molecule has 2 aliphatic rings. The molecule has 2 N–H and O–H groups in total. The average molecular weight is 158 g/mol. The molecule has 0 aromatic rings. The monoisotopic (exact) mass is 158 g/mol. The van der Waals surface area contributed by atoms with Crippen LogP contribution in [0.2, 0.25) is 0 Å². The fourth-order valence-electron chi connectivity index (χ4n) is 1.25. The topological polar surface area (TPSA) is 38.4 Å². The Morgan fingerprint density at radius 1 is 1.33 bits per heavy atom. The van der Waals surface area contributed by atoms with E-state index in [1.54, 1.807) is 0 Å². The summed E-state index contributed by atoms with van der Waals surface area (Å²) in [5, 5.41) is 0. The van der Waals surface area contributed by atoms with Crippen LogP contribution in [0, 0.1) is 0 Å². The Hall–Kier alpha value is -1.57. The molecule has 0 bridgehead atoms. The Kier molecular flexibility index (Phi) is 1.30. The van der Waals surface area contributed by atoms with Crippen molar-refractivity contribution in [2.45, 2.75) is 6.92 Å². The summed E-state index contributed by atoms with van der Waals surface area (Å²) in [5.74, 6) is 0. The summed E-state index contributed by atoms with van der Waals surface area (Å²) in [5.41, 5.74) is 10.3. The molecule has 0 atom stereocenters. The molecule has 0 aromatic carbocycles. The number of aliphatic imine (C=N–C) groups is 1. The summed E-state index contributed by atoms with van der Waals surface area (Å²) in [6, 6.07) is 0. The summed E-state index contributed by atoms with van der Waals surface area (Å²) >= 11 is 0. The average Bonchev–Trinajstić information content (AvgIpc) is 2.26. The van der Waals surface area contributed by atoms with Crippen LogP contribution in [0.4, 0.5) is 0 Å². The van der Waals surface area contributed by atoms with Crippen molar-refractivity contribution < 1.29 is 0 Å². The third kappa shape index (κ3) is 0.925. The first-order valence-electron chi connectivity index (χ1n) is 3.82. The summed E-state index contributed by atoms with van der Waals surface area (Å²) in [6.07, 6.45) is 6.03. The molecular weight excluding hydrogens is 148 g/mol. The highest BCUT2D eigenvalue weighted by atomic mass is 14.8. The predicted molar refractivity (Wildman–Crippen MR) is 50.7 cm³/mol. The Bertz CT molecular complexity index is 379. The Morgan fingerprint density at radius 2 is 2.00 bits per heavy atom. The first-order valence-corrected chi connectivity index (χ1v) is 3.82. The lowest BCUT2D eigenvalue weighted by Crippen LogP contribution is -2.02. The zero-order valence-corrected chi connectivity index (χ0v) is 6.96. The van der Waals surface area contributed by atoms with Crippen molar-refractivity contribution in [1.82, 2.24) is 0 Å². The minimum Gasteiger partial charge on any atom is -0.397 e. The van der Waals surface area contributed by atoms with E-state index in [4.69, 9.17) is 5.73 Å². The van der Waals surface area contributed by atoms with Crippen LogP contribution in [-0.4, -0.2) is 5.71 Å². The Labute approximate surface area is 71.5 Å². The molecule has 1 aliphatic carbocycles. The van der Waals surface area contributed by atoms with Crippen molar-refractivity contribution in [1.29, 1.82) is 0 Å². The maximum Gasteiger partial charge on any atom is 0.0795 e. The standard InChI is InChI=1S/C10H10N2/c1-6-3-8(4-6)10-5-9(11)7(2)12-10/h3-5H,2,11H2,1H3. The van der Waals surface area contributed by atoms with Gasteiger partial charge >= 0.3 is 0 Å². The van der Waals surface area contributed by atoms with Crippen molar-refractivity contribution in [2.24, 2.45) is 10.7 Å². The molecule has 1 aliphatic heterocycles. The first-order chi connectivity index (χ1) is 5.66. The smallest absolute Gasteiger partial charge is 0.0795 e. The van der Waals surface area contributed by atoms with Gasteiger partial charge in [-0.05, 0) is 30.7 Å². The maximum atomic E-state index is 5.62. The van der Waals surface area contributed by atoms with Crippen LogP contribution in [0.1, 0.15) is 6.92 Å². The minimum absolute atomic E-state index is 0.670. The number of nitrogens with zero attached hydrogens (tertiary/aromatic N) is 1. The van der Waals surface area contributed by atoms with E-state index in [0.717, 1.165) is 11.3 Å². The van der Waals surface area contributed by atoms with E-state index in [2.05, 4.69) is 30.6 Å². The zero-order valence-electron chi connectivity index (χ0n) is 6.96. The van der Waals surface area contributed by atoms with E-state index in [1.807, 2.05) is 6.08 Å². The highest BCUT2D eigenvalue weighted by Gasteiger charge is 2.15. The van der Waals surface area contributed by atoms with E-state index >= 15 is 0 Å². The van der Waals surface area contributed by atoms with Gasteiger partial charge in [-0.25, -0.2) is 4.99 Å². The molecule has 0 unspecified atom stereocenters. The largest absolute Gasteiger partial charge is 0.397 e. The van der Waals surface area contributed by atoms with Crippen molar-refractivity contribution in [3.63, 3.8) is 0 Å². The number of hydrogen-bond acceptors (Lipinski definition) is 2. The molecular formula is C10H10N2.